The predicted molar refractivity (Wildman–Crippen MR) is 92.5 cm³/mol. The average Bonchev–Trinajstić information content (AvgIpc) is 2.62. The van der Waals surface area contributed by atoms with Gasteiger partial charge in [-0.3, -0.25) is 9.59 Å². The summed E-state index contributed by atoms with van der Waals surface area (Å²) < 4.78 is 9.75. The van der Waals surface area contributed by atoms with Crippen LogP contribution in [-0.2, 0) is 14.3 Å². The number of anilines is 1. The first-order valence-electron chi connectivity index (χ1n) is 7.73. The molecular formula is C19H19NO5. The van der Waals surface area contributed by atoms with Crippen LogP contribution in [0.5, 0.6) is 5.75 Å². The third kappa shape index (κ3) is 5.76. The van der Waals surface area contributed by atoms with Gasteiger partial charge in [0.25, 0.3) is 0 Å². The Hall–Kier alpha value is -3.15. The van der Waals surface area contributed by atoms with Crippen LogP contribution in [0.1, 0.15) is 28.8 Å². The molecule has 1 N–H and O–H groups in total. The van der Waals surface area contributed by atoms with E-state index in [1.807, 2.05) is 19.1 Å². The van der Waals surface area contributed by atoms with Crippen molar-refractivity contribution >= 4 is 23.5 Å². The second-order valence-electron chi connectivity index (χ2n) is 5.40. The molecule has 0 saturated heterocycles. The number of ether oxygens (including phenoxy) is 2. The van der Waals surface area contributed by atoms with Gasteiger partial charge in [0.05, 0.1) is 19.1 Å². The van der Waals surface area contributed by atoms with E-state index in [1.54, 1.807) is 36.4 Å². The molecular weight excluding hydrogens is 322 g/mol. The number of carbonyl (C=O) groups is 3. The Bertz CT molecular complexity index is 750. The number of aryl methyl sites for hydroxylation is 1. The second-order valence-corrected chi connectivity index (χ2v) is 5.40. The maximum absolute atomic E-state index is 11.9. The highest BCUT2D eigenvalue weighted by Gasteiger charge is 2.10. The summed E-state index contributed by atoms with van der Waals surface area (Å²) in [5.41, 5.74) is 1.99. The molecule has 1 amide bonds. The van der Waals surface area contributed by atoms with Gasteiger partial charge in [-0.2, -0.15) is 0 Å². The Labute approximate surface area is 145 Å². The number of methoxy groups -OCH3 is 1. The third-order valence-electron chi connectivity index (χ3n) is 3.40. The lowest BCUT2D eigenvalue weighted by Crippen LogP contribution is -2.16. The molecule has 0 saturated carbocycles. The van der Waals surface area contributed by atoms with E-state index in [0.717, 1.165) is 5.56 Å². The van der Waals surface area contributed by atoms with Gasteiger partial charge in [0.1, 0.15) is 5.75 Å². The molecule has 6 nitrogen and oxygen atoms in total. The SMILES string of the molecule is COC(=O)c1ccc(NC(=O)CCC(=O)Oc2ccc(C)cc2)cc1. The number of amides is 1. The van der Waals surface area contributed by atoms with Gasteiger partial charge in [-0.15, -0.1) is 0 Å². The fourth-order valence-electron chi connectivity index (χ4n) is 2.04. The Balaban J connectivity index is 1.79. The van der Waals surface area contributed by atoms with Crippen molar-refractivity contribution in [3.8, 4) is 5.75 Å². The van der Waals surface area contributed by atoms with E-state index in [0.29, 0.717) is 17.0 Å². The topological polar surface area (TPSA) is 81.7 Å². The highest BCUT2D eigenvalue weighted by Crippen LogP contribution is 2.13. The maximum atomic E-state index is 11.9. The highest BCUT2D eigenvalue weighted by atomic mass is 16.5. The highest BCUT2D eigenvalue weighted by molar-refractivity contribution is 5.94. The molecule has 0 heterocycles. The van der Waals surface area contributed by atoms with Crippen molar-refractivity contribution in [1.29, 1.82) is 0 Å². The Kier molecular flexibility index (Phi) is 6.28. The van der Waals surface area contributed by atoms with E-state index < -0.39 is 11.9 Å². The van der Waals surface area contributed by atoms with Crippen LogP contribution in [0.15, 0.2) is 48.5 Å². The minimum absolute atomic E-state index is 0.00342. The molecule has 0 aromatic heterocycles. The van der Waals surface area contributed by atoms with Crippen LogP contribution >= 0.6 is 0 Å². The first kappa shape index (κ1) is 18.2. The van der Waals surface area contributed by atoms with E-state index >= 15 is 0 Å². The maximum Gasteiger partial charge on any atom is 0.337 e. The standard InChI is InChI=1S/C19H19NO5/c1-13-3-9-16(10-4-13)25-18(22)12-11-17(21)20-15-7-5-14(6-8-15)19(23)24-2/h3-10H,11-12H2,1-2H3,(H,20,21). The zero-order chi connectivity index (χ0) is 18.2. The van der Waals surface area contributed by atoms with Crippen molar-refractivity contribution in [2.24, 2.45) is 0 Å². The molecule has 2 aromatic carbocycles. The van der Waals surface area contributed by atoms with Gasteiger partial charge in [-0.25, -0.2) is 4.79 Å². The molecule has 0 aliphatic carbocycles. The van der Waals surface area contributed by atoms with Gasteiger partial charge < -0.3 is 14.8 Å². The van der Waals surface area contributed by atoms with Crippen LogP contribution in [0.2, 0.25) is 0 Å². The molecule has 0 spiro atoms. The zero-order valence-electron chi connectivity index (χ0n) is 14.1. The molecule has 0 atom stereocenters. The number of carbonyl (C=O) groups excluding carboxylic acids is 3. The van der Waals surface area contributed by atoms with Crippen LogP contribution in [-0.4, -0.2) is 25.0 Å². The molecule has 0 aliphatic rings. The average molecular weight is 341 g/mol. The number of hydrogen-bond acceptors (Lipinski definition) is 5. The molecule has 0 fully saturated rings. The molecule has 2 aromatic rings. The summed E-state index contributed by atoms with van der Waals surface area (Å²) in [5, 5.41) is 2.65. The number of benzene rings is 2. The zero-order valence-corrected chi connectivity index (χ0v) is 14.1. The van der Waals surface area contributed by atoms with Crippen LogP contribution in [0.3, 0.4) is 0 Å². The van der Waals surface area contributed by atoms with Crippen molar-refractivity contribution in [3.63, 3.8) is 0 Å². The van der Waals surface area contributed by atoms with E-state index in [9.17, 15) is 14.4 Å². The number of hydrogen-bond donors (Lipinski definition) is 1. The van der Waals surface area contributed by atoms with Crippen molar-refractivity contribution in [2.75, 3.05) is 12.4 Å². The largest absolute Gasteiger partial charge is 0.465 e. The monoisotopic (exact) mass is 341 g/mol. The van der Waals surface area contributed by atoms with Crippen molar-refractivity contribution in [3.05, 3.63) is 59.7 Å². The Morgan fingerprint density at radius 1 is 0.920 bits per heavy atom. The van der Waals surface area contributed by atoms with E-state index in [4.69, 9.17) is 4.74 Å². The van der Waals surface area contributed by atoms with Gasteiger partial charge in [0, 0.05) is 12.1 Å². The lowest BCUT2D eigenvalue weighted by molar-refractivity contribution is -0.135. The quantitative estimate of drug-likeness (QED) is 0.645. The van der Waals surface area contributed by atoms with Crippen LogP contribution in [0.4, 0.5) is 5.69 Å². The van der Waals surface area contributed by atoms with Crippen LogP contribution < -0.4 is 10.1 Å². The summed E-state index contributed by atoms with van der Waals surface area (Å²) in [5.74, 6) is -0.780. The number of rotatable bonds is 6. The smallest absolute Gasteiger partial charge is 0.337 e. The molecule has 6 heteroatoms. The normalized spacial score (nSPS) is 10.0. The molecule has 0 bridgehead atoms. The Morgan fingerprint density at radius 3 is 2.16 bits per heavy atom. The molecule has 0 radical (unpaired) electrons. The van der Waals surface area contributed by atoms with E-state index in [-0.39, 0.29) is 18.7 Å². The summed E-state index contributed by atoms with van der Waals surface area (Å²) in [6, 6.07) is 13.4. The summed E-state index contributed by atoms with van der Waals surface area (Å²) in [6.07, 6.45) is -0.0244. The molecule has 2 rings (SSSR count). The van der Waals surface area contributed by atoms with Crippen molar-refractivity contribution in [1.82, 2.24) is 0 Å². The van der Waals surface area contributed by atoms with Crippen molar-refractivity contribution < 1.29 is 23.9 Å². The third-order valence-corrected chi connectivity index (χ3v) is 3.40. The lowest BCUT2D eigenvalue weighted by Gasteiger charge is -2.07. The summed E-state index contributed by atoms with van der Waals surface area (Å²) >= 11 is 0. The van der Waals surface area contributed by atoms with Gasteiger partial charge in [-0.05, 0) is 43.3 Å². The fraction of sp³-hybridized carbons (Fsp3) is 0.211. The van der Waals surface area contributed by atoms with Gasteiger partial charge in [0.2, 0.25) is 5.91 Å². The lowest BCUT2D eigenvalue weighted by atomic mass is 10.2. The minimum atomic E-state index is -0.472. The van der Waals surface area contributed by atoms with Crippen LogP contribution in [0.25, 0.3) is 0 Å². The second kappa shape index (κ2) is 8.63. The summed E-state index contributed by atoms with van der Waals surface area (Å²) in [7, 11) is 1.30. The van der Waals surface area contributed by atoms with E-state index in [2.05, 4.69) is 10.1 Å². The first-order valence-corrected chi connectivity index (χ1v) is 7.73. The summed E-state index contributed by atoms with van der Waals surface area (Å²) in [4.78, 5) is 35.0. The van der Waals surface area contributed by atoms with E-state index in [1.165, 1.54) is 7.11 Å². The number of esters is 2. The molecule has 0 aliphatic heterocycles. The minimum Gasteiger partial charge on any atom is -0.465 e. The predicted octanol–water partition coefficient (Wildman–Crippen LogP) is 3.11. The van der Waals surface area contributed by atoms with Gasteiger partial charge in [-0.1, -0.05) is 17.7 Å². The van der Waals surface area contributed by atoms with Crippen LogP contribution in [0, 0.1) is 6.92 Å². The fourth-order valence-corrected chi connectivity index (χ4v) is 2.04. The number of nitrogens with one attached hydrogen (secondary N) is 1. The summed E-state index contributed by atoms with van der Waals surface area (Å²) in [6.45, 7) is 1.94. The molecule has 0 unspecified atom stereocenters. The van der Waals surface area contributed by atoms with Gasteiger partial charge >= 0.3 is 11.9 Å². The Morgan fingerprint density at radius 2 is 1.56 bits per heavy atom. The van der Waals surface area contributed by atoms with Gasteiger partial charge in [0.15, 0.2) is 0 Å². The first-order chi connectivity index (χ1) is 12.0. The van der Waals surface area contributed by atoms with Crippen molar-refractivity contribution in [2.45, 2.75) is 19.8 Å². The molecule has 130 valence electrons. The molecule has 25 heavy (non-hydrogen) atoms.